The zero-order chi connectivity index (χ0) is 11.0. The molecule has 0 aromatic carbocycles. The van der Waals surface area contributed by atoms with Crippen LogP contribution in [0.4, 0.5) is 0 Å². The van der Waals surface area contributed by atoms with E-state index < -0.39 is 20.8 Å². The summed E-state index contributed by atoms with van der Waals surface area (Å²) >= 11 is 0.300. The molecule has 0 radical (unpaired) electrons. The van der Waals surface area contributed by atoms with Gasteiger partial charge in [-0.3, -0.25) is 18.2 Å². The van der Waals surface area contributed by atoms with Crippen LogP contribution in [0, 0.1) is 0 Å². The average molecular weight is 303 g/mol. The molecule has 4 N–H and O–H groups in total. The van der Waals surface area contributed by atoms with Gasteiger partial charge in [-0.1, -0.05) is 0 Å². The molecular formula is H4O9S2Zr. The van der Waals surface area contributed by atoms with Gasteiger partial charge in [-0.15, -0.1) is 0 Å². The maximum atomic E-state index is 8.74. The van der Waals surface area contributed by atoms with Crippen LogP contribution in [0.25, 0.3) is 0 Å². The van der Waals surface area contributed by atoms with Crippen LogP contribution in [-0.2, 0) is 48.3 Å². The van der Waals surface area contributed by atoms with Gasteiger partial charge in [0.15, 0.2) is 0 Å². The summed E-state index contributed by atoms with van der Waals surface area (Å²) < 4.78 is 71.5. The third-order valence-electron chi connectivity index (χ3n) is 0. The van der Waals surface area contributed by atoms with Crippen LogP contribution in [-0.4, -0.2) is 35.0 Å². The average Bonchev–Trinajstić information content (AvgIpc) is 1.59. The van der Waals surface area contributed by atoms with E-state index in [-0.39, 0.29) is 0 Å². The standard InChI is InChI=1S/2H2O4S.O.Zr/c2*1-5(2,3)4;;/h2*(H2,1,2,3,4);;. The maximum absolute atomic E-state index is 8.74. The number of hydrogen-bond donors (Lipinski definition) is 4. The normalized spacial score (nSPS) is 9.92. The first-order chi connectivity index (χ1) is 5.00. The van der Waals surface area contributed by atoms with Crippen LogP contribution in [0.3, 0.4) is 0 Å². The summed E-state index contributed by atoms with van der Waals surface area (Å²) in [6.07, 6.45) is 0. The van der Waals surface area contributed by atoms with E-state index in [0.29, 0.717) is 24.7 Å². The predicted molar refractivity (Wildman–Crippen MR) is 29.0 cm³/mol. The van der Waals surface area contributed by atoms with Gasteiger partial charge in [-0.05, 0) is 0 Å². The van der Waals surface area contributed by atoms with E-state index in [1.165, 1.54) is 0 Å². The van der Waals surface area contributed by atoms with Crippen molar-refractivity contribution in [3.63, 3.8) is 0 Å². The van der Waals surface area contributed by atoms with Gasteiger partial charge >= 0.3 is 48.3 Å². The fourth-order valence-electron chi connectivity index (χ4n) is 0. The Kier molecular flexibility index (Phi) is 12.2. The summed E-state index contributed by atoms with van der Waals surface area (Å²) in [6.45, 7) is 0. The van der Waals surface area contributed by atoms with Gasteiger partial charge in [-0.25, -0.2) is 0 Å². The van der Waals surface area contributed by atoms with Crippen molar-refractivity contribution in [2.45, 2.75) is 0 Å². The minimum atomic E-state index is -4.67. The predicted octanol–water partition coefficient (Wildman–Crippen LogP) is -1.43. The molecule has 0 saturated heterocycles. The Morgan fingerprint density at radius 2 is 0.667 bits per heavy atom. The first-order valence-electron chi connectivity index (χ1n) is 1.60. The Labute approximate surface area is 83.2 Å². The van der Waals surface area contributed by atoms with E-state index in [0.717, 1.165) is 0 Å². The van der Waals surface area contributed by atoms with Gasteiger partial charge < -0.3 is 0 Å². The molecule has 0 bridgehead atoms. The number of rotatable bonds is 0. The molecule has 0 aliphatic rings. The minimum absolute atomic E-state index is 0.300. The Morgan fingerprint density at radius 1 is 0.667 bits per heavy atom. The molecule has 0 aromatic rings. The summed E-state index contributed by atoms with van der Waals surface area (Å²) in [5.74, 6) is 0. The Hall–Kier alpha value is 0.423. The zero-order valence-electron chi connectivity index (χ0n) is 5.15. The van der Waals surface area contributed by atoms with Gasteiger partial charge in [0.2, 0.25) is 0 Å². The molecule has 74 valence electrons. The molecule has 0 rings (SSSR count). The molecule has 12 heteroatoms. The van der Waals surface area contributed by atoms with Gasteiger partial charge in [-0.2, -0.15) is 16.8 Å². The van der Waals surface area contributed by atoms with E-state index in [1.807, 2.05) is 0 Å². The summed E-state index contributed by atoms with van der Waals surface area (Å²) in [6, 6.07) is 0. The third kappa shape index (κ3) is 5170. The Bertz CT molecular complexity index is 222. The van der Waals surface area contributed by atoms with Crippen molar-refractivity contribution in [2.75, 3.05) is 0 Å². The van der Waals surface area contributed by atoms with E-state index in [9.17, 15) is 0 Å². The second kappa shape index (κ2) is 8.04. The Balaban J connectivity index is -0.000000112. The molecule has 0 aliphatic heterocycles. The quantitative estimate of drug-likeness (QED) is 0.392. The van der Waals surface area contributed by atoms with E-state index >= 15 is 0 Å². The molecular weight excluding hydrogens is 299 g/mol. The SMILES string of the molecule is O=S(=O)(O)O.O=S(=O)(O)O.[O]=[Zr]. The van der Waals surface area contributed by atoms with Gasteiger partial charge in [0.25, 0.3) is 0 Å². The summed E-state index contributed by atoms with van der Waals surface area (Å²) in [4.78, 5) is 0. The van der Waals surface area contributed by atoms with Crippen molar-refractivity contribution >= 4 is 20.8 Å². The van der Waals surface area contributed by atoms with Crippen LogP contribution >= 0.6 is 0 Å². The third-order valence-corrected chi connectivity index (χ3v) is 0. The summed E-state index contributed by atoms with van der Waals surface area (Å²) in [5.41, 5.74) is 0. The fourth-order valence-corrected chi connectivity index (χ4v) is 0. The van der Waals surface area contributed by atoms with E-state index in [4.69, 9.17) is 37.9 Å². The molecule has 12 heavy (non-hydrogen) atoms. The van der Waals surface area contributed by atoms with Gasteiger partial charge in [0, 0.05) is 0 Å². The van der Waals surface area contributed by atoms with Crippen LogP contribution in [0.1, 0.15) is 0 Å². The first kappa shape index (κ1) is 18.3. The monoisotopic (exact) mass is 302 g/mol. The molecule has 0 amide bonds. The molecule has 0 heterocycles. The Morgan fingerprint density at radius 3 is 0.667 bits per heavy atom. The van der Waals surface area contributed by atoms with Crippen molar-refractivity contribution in [3.05, 3.63) is 0 Å². The van der Waals surface area contributed by atoms with Crippen LogP contribution < -0.4 is 0 Å². The van der Waals surface area contributed by atoms with E-state index in [2.05, 4.69) is 0 Å². The van der Waals surface area contributed by atoms with Crippen LogP contribution in [0.15, 0.2) is 0 Å². The molecule has 0 aromatic heterocycles. The van der Waals surface area contributed by atoms with E-state index in [1.54, 1.807) is 0 Å². The fraction of sp³-hybridized carbons (Fsp3) is 0. The van der Waals surface area contributed by atoms with Crippen molar-refractivity contribution < 1.29 is 62.6 Å². The van der Waals surface area contributed by atoms with Crippen LogP contribution in [0.5, 0.6) is 0 Å². The summed E-state index contributed by atoms with van der Waals surface area (Å²) in [5, 5.41) is 0. The second-order valence-corrected chi connectivity index (χ2v) is 2.69. The molecule has 0 unspecified atom stereocenters. The summed E-state index contributed by atoms with van der Waals surface area (Å²) in [7, 11) is -9.33. The molecule has 0 fully saturated rings. The van der Waals surface area contributed by atoms with Gasteiger partial charge in [0.05, 0.1) is 0 Å². The van der Waals surface area contributed by atoms with Crippen molar-refractivity contribution in [1.82, 2.24) is 0 Å². The number of hydrogen-bond acceptors (Lipinski definition) is 5. The van der Waals surface area contributed by atoms with Gasteiger partial charge in [0.1, 0.15) is 0 Å². The van der Waals surface area contributed by atoms with Crippen molar-refractivity contribution in [2.24, 2.45) is 0 Å². The first-order valence-corrected chi connectivity index (χ1v) is 5.40. The molecule has 0 spiro atoms. The second-order valence-electron chi connectivity index (χ2n) is 0.896. The molecule has 0 atom stereocenters. The van der Waals surface area contributed by atoms with Crippen molar-refractivity contribution in [1.29, 1.82) is 0 Å². The molecule has 0 aliphatic carbocycles. The molecule has 0 saturated carbocycles. The zero-order valence-corrected chi connectivity index (χ0v) is 9.24. The van der Waals surface area contributed by atoms with Crippen LogP contribution in [0.2, 0.25) is 0 Å². The molecule has 9 nitrogen and oxygen atoms in total. The topological polar surface area (TPSA) is 166 Å². The van der Waals surface area contributed by atoms with Crippen molar-refractivity contribution in [3.8, 4) is 0 Å².